The zero-order chi connectivity index (χ0) is 11.9. The van der Waals surface area contributed by atoms with Crippen LogP contribution in [0.15, 0.2) is 23.1 Å². The van der Waals surface area contributed by atoms with E-state index in [0.717, 1.165) is 6.07 Å². The Hall–Kier alpha value is -0.473. The molecule has 0 bridgehead atoms. The maximum Gasteiger partial charge on any atom is 1.00 e. The smallest absolute Gasteiger partial charge is 0.744 e. The summed E-state index contributed by atoms with van der Waals surface area (Å²) in [7, 11) is -4.46. The summed E-state index contributed by atoms with van der Waals surface area (Å²) in [5, 5.41) is 9.54. The Morgan fingerprint density at radius 2 is 1.75 bits per heavy atom. The third kappa shape index (κ3) is 3.53. The molecule has 0 aliphatic carbocycles. The van der Waals surface area contributed by atoms with Gasteiger partial charge in [0.2, 0.25) is 0 Å². The first-order chi connectivity index (χ1) is 6.62. The first kappa shape index (κ1) is 15.5. The molecule has 6 heteroatoms. The molecule has 0 aromatic heterocycles. The number of phenols is 1. The van der Waals surface area contributed by atoms with Crippen molar-refractivity contribution in [1.29, 1.82) is 0 Å². The Morgan fingerprint density at radius 3 is 2.12 bits per heavy atom. The van der Waals surface area contributed by atoms with Crippen LogP contribution < -0.4 is 18.9 Å². The van der Waals surface area contributed by atoms with E-state index in [1.807, 2.05) is 20.8 Å². The van der Waals surface area contributed by atoms with Gasteiger partial charge in [-0.25, -0.2) is 8.42 Å². The molecule has 4 nitrogen and oxygen atoms in total. The molecule has 1 aromatic rings. The van der Waals surface area contributed by atoms with Crippen molar-refractivity contribution in [3.63, 3.8) is 0 Å². The van der Waals surface area contributed by atoms with Gasteiger partial charge in [0, 0.05) is 5.56 Å². The third-order valence-electron chi connectivity index (χ3n) is 2.06. The van der Waals surface area contributed by atoms with E-state index in [1.165, 1.54) is 12.1 Å². The van der Waals surface area contributed by atoms with E-state index in [1.54, 1.807) is 0 Å². The molecule has 0 amide bonds. The molecule has 1 aromatic carbocycles. The second-order valence-electron chi connectivity index (χ2n) is 4.38. The number of aromatic hydroxyl groups is 1. The summed E-state index contributed by atoms with van der Waals surface area (Å²) in [6, 6.07) is 3.55. The summed E-state index contributed by atoms with van der Waals surface area (Å²) < 4.78 is 32.4. The number of rotatable bonds is 1. The Kier molecular flexibility index (Phi) is 4.66. The molecule has 0 saturated carbocycles. The molecule has 0 aliphatic heterocycles. The van der Waals surface area contributed by atoms with Crippen molar-refractivity contribution in [1.82, 2.24) is 0 Å². The number of hydrogen-bond donors (Lipinski definition) is 1. The normalized spacial score (nSPS) is 12.0. The first-order valence-electron chi connectivity index (χ1n) is 4.42. The summed E-state index contributed by atoms with van der Waals surface area (Å²) in [6.45, 7) is 5.47. The minimum atomic E-state index is -4.46. The summed E-state index contributed by atoms with van der Waals surface area (Å²) >= 11 is 0. The molecule has 0 spiro atoms. The summed E-state index contributed by atoms with van der Waals surface area (Å²) in [6.07, 6.45) is 0. The van der Waals surface area contributed by atoms with E-state index in [2.05, 4.69) is 0 Å². The second kappa shape index (κ2) is 4.80. The quantitative estimate of drug-likeness (QED) is 0.480. The summed E-state index contributed by atoms with van der Waals surface area (Å²) in [4.78, 5) is -0.315. The van der Waals surface area contributed by atoms with E-state index < -0.39 is 15.5 Å². The second-order valence-corrected chi connectivity index (χ2v) is 5.76. The minimum absolute atomic E-state index is 0. The van der Waals surface area contributed by atoms with Crippen LogP contribution in [0.3, 0.4) is 0 Å². The zero-order valence-electron chi connectivity index (χ0n) is 9.81. The minimum Gasteiger partial charge on any atom is -0.744 e. The molecule has 1 rings (SSSR count). The van der Waals surface area contributed by atoms with Crippen molar-refractivity contribution < 1.29 is 36.9 Å². The van der Waals surface area contributed by atoms with E-state index in [0.29, 0.717) is 5.56 Å². The van der Waals surface area contributed by atoms with Gasteiger partial charge in [0.25, 0.3) is 0 Å². The Bertz CT molecular complexity index is 474. The van der Waals surface area contributed by atoms with Crippen LogP contribution in [-0.2, 0) is 15.5 Å². The number of phenolic OH excluding ortho intramolecular Hbond substituents is 1. The van der Waals surface area contributed by atoms with Crippen LogP contribution in [0, 0.1) is 0 Å². The average molecular weight is 236 g/mol. The zero-order valence-corrected chi connectivity index (χ0v) is 10.6. The average Bonchev–Trinajstić information content (AvgIpc) is 2.00. The summed E-state index contributed by atoms with van der Waals surface area (Å²) in [5.74, 6) is -0.00472. The SMILES string of the molecule is CC(C)(C)c1cc(S(=O)(=O)[O-])ccc1O.[Li+]. The maximum atomic E-state index is 10.8. The van der Waals surface area contributed by atoms with E-state index in [9.17, 15) is 18.1 Å². The van der Waals surface area contributed by atoms with Gasteiger partial charge in [-0.05, 0) is 23.6 Å². The van der Waals surface area contributed by atoms with Crippen LogP contribution in [0.4, 0.5) is 0 Å². The molecule has 0 heterocycles. The van der Waals surface area contributed by atoms with Gasteiger partial charge in [0.1, 0.15) is 15.9 Å². The van der Waals surface area contributed by atoms with E-state index in [4.69, 9.17) is 0 Å². The van der Waals surface area contributed by atoms with Crippen LogP contribution >= 0.6 is 0 Å². The van der Waals surface area contributed by atoms with Gasteiger partial charge in [-0.2, -0.15) is 0 Å². The van der Waals surface area contributed by atoms with Crippen molar-refractivity contribution in [2.45, 2.75) is 31.1 Å². The summed E-state index contributed by atoms with van der Waals surface area (Å²) in [5.41, 5.74) is 0.0320. The predicted octanol–water partition coefficient (Wildman–Crippen LogP) is -1.40. The molecule has 0 fully saturated rings. The van der Waals surface area contributed by atoms with Crippen molar-refractivity contribution in [3.05, 3.63) is 23.8 Å². The van der Waals surface area contributed by atoms with Crippen LogP contribution in [0.5, 0.6) is 5.75 Å². The van der Waals surface area contributed by atoms with Gasteiger partial charge < -0.3 is 9.66 Å². The first-order valence-corrected chi connectivity index (χ1v) is 5.82. The molecule has 0 unspecified atom stereocenters. The van der Waals surface area contributed by atoms with Crippen molar-refractivity contribution in [3.8, 4) is 5.75 Å². The van der Waals surface area contributed by atoms with Crippen LogP contribution in [0.1, 0.15) is 26.3 Å². The van der Waals surface area contributed by atoms with Crippen molar-refractivity contribution in [2.75, 3.05) is 0 Å². The number of hydrogen-bond acceptors (Lipinski definition) is 4. The fourth-order valence-electron chi connectivity index (χ4n) is 1.27. The van der Waals surface area contributed by atoms with Crippen LogP contribution in [-0.4, -0.2) is 18.1 Å². The topological polar surface area (TPSA) is 77.4 Å². The third-order valence-corrected chi connectivity index (χ3v) is 2.90. The van der Waals surface area contributed by atoms with Gasteiger partial charge >= 0.3 is 18.9 Å². The fourth-order valence-corrected chi connectivity index (χ4v) is 1.77. The maximum absolute atomic E-state index is 10.8. The van der Waals surface area contributed by atoms with Gasteiger partial charge in [-0.15, -0.1) is 0 Å². The largest absolute Gasteiger partial charge is 1.00 e. The molecule has 0 saturated heterocycles. The standard InChI is InChI=1S/C10H14O4S.Li/c1-10(2,3)8-6-7(15(12,13)14)4-5-9(8)11;/h4-6,11H,1-3H3,(H,12,13,14);/q;+1/p-1. The Labute approximate surface area is 108 Å². The number of benzene rings is 1. The van der Waals surface area contributed by atoms with Gasteiger partial charge in [0.05, 0.1) is 4.90 Å². The Balaban J connectivity index is 0.00000225. The Morgan fingerprint density at radius 1 is 1.25 bits per heavy atom. The van der Waals surface area contributed by atoms with Gasteiger partial charge in [0.15, 0.2) is 0 Å². The van der Waals surface area contributed by atoms with Crippen molar-refractivity contribution in [2.24, 2.45) is 0 Å². The monoisotopic (exact) mass is 236 g/mol. The van der Waals surface area contributed by atoms with E-state index in [-0.39, 0.29) is 29.5 Å². The molecule has 0 aliphatic rings. The van der Waals surface area contributed by atoms with Gasteiger partial charge in [-0.1, -0.05) is 20.8 Å². The molecular formula is C10H13LiO4S. The van der Waals surface area contributed by atoms with Gasteiger partial charge in [-0.3, -0.25) is 0 Å². The van der Waals surface area contributed by atoms with E-state index >= 15 is 0 Å². The molecule has 0 atom stereocenters. The van der Waals surface area contributed by atoms with Crippen LogP contribution in [0.25, 0.3) is 0 Å². The molecule has 16 heavy (non-hydrogen) atoms. The predicted molar refractivity (Wildman–Crippen MR) is 54.8 cm³/mol. The molecule has 0 radical (unpaired) electrons. The molecular weight excluding hydrogens is 223 g/mol. The molecule has 1 N–H and O–H groups in total. The van der Waals surface area contributed by atoms with Crippen molar-refractivity contribution >= 4 is 10.1 Å². The molecule has 84 valence electrons. The van der Waals surface area contributed by atoms with Crippen LogP contribution in [0.2, 0.25) is 0 Å². The fraction of sp³-hybridized carbons (Fsp3) is 0.400.